The Bertz CT molecular complexity index is 1200. The third-order valence-electron chi connectivity index (χ3n) is 6.05. The molecular weight excluding hydrogens is 464 g/mol. The van der Waals surface area contributed by atoms with Crippen molar-refractivity contribution in [3.63, 3.8) is 0 Å². The summed E-state index contributed by atoms with van der Waals surface area (Å²) in [5.74, 6) is -0.229. The SMILES string of the molecule is CCN1CCN(S(=O)(=O)c2ccc(NC(=O)c3ccc(N4CCCS4(=O)=O)cc3)cc2)CC1. The van der Waals surface area contributed by atoms with Crippen LogP contribution in [-0.4, -0.2) is 77.0 Å². The molecule has 1 N–H and O–H groups in total. The van der Waals surface area contributed by atoms with Crippen molar-refractivity contribution in [2.75, 3.05) is 54.6 Å². The van der Waals surface area contributed by atoms with Crippen LogP contribution < -0.4 is 9.62 Å². The first-order valence-electron chi connectivity index (χ1n) is 10.9. The predicted octanol–water partition coefficient (Wildman–Crippen LogP) is 1.80. The maximum Gasteiger partial charge on any atom is 0.255 e. The number of likely N-dealkylation sites (N-methyl/N-ethyl adjacent to an activating group) is 1. The highest BCUT2D eigenvalue weighted by Gasteiger charge is 2.29. The molecule has 0 aromatic heterocycles. The fraction of sp³-hybridized carbons (Fsp3) is 0.409. The van der Waals surface area contributed by atoms with Gasteiger partial charge in [0.05, 0.1) is 16.3 Å². The van der Waals surface area contributed by atoms with Crippen LogP contribution in [0.25, 0.3) is 0 Å². The lowest BCUT2D eigenvalue weighted by Crippen LogP contribution is -2.48. The number of nitrogens with one attached hydrogen (secondary N) is 1. The number of nitrogens with zero attached hydrogens (tertiary/aromatic N) is 3. The molecule has 0 unspecified atom stereocenters. The van der Waals surface area contributed by atoms with E-state index in [9.17, 15) is 21.6 Å². The maximum atomic E-state index is 12.9. The lowest BCUT2D eigenvalue weighted by atomic mass is 10.2. The molecule has 1 amide bonds. The van der Waals surface area contributed by atoms with Crippen molar-refractivity contribution < 1.29 is 21.6 Å². The summed E-state index contributed by atoms with van der Waals surface area (Å²) in [6.07, 6.45) is 0.589. The van der Waals surface area contributed by atoms with Crippen molar-refractivity contribution in [2.45, 2.75) is 18.2 Å². The summed E-state index contributed by atoms with van der Waals surface area (Å²) in [6.45, 7) is 5.76. The Kier molecular flexibility index (Phi) is 6.76. The Morgan fingerprint density at radius 1 is 0.939 bits per heavy atom. The largest absolute Gasteiger partial charge is 0.322 e. The molecule has 2 aliphatic rings. The van der Waals surface area contributed by atoms with Crippen LogP contribution in [0.1, 0.15) is 23.7 Å². The van der Waals surface area contributed by atoms with Crippen molar-refractivity contribution in [3.05, 3.63) is 54.1 Å². The summed E-state index contributed by atoms with van der Waals surface area (Å²) in [5.41, 5.74) is 1.39. The lowest BCUT2D eigenvalue weighted by Gasteiger charge is -2.33. The van der Waals surface area contributed by atoms with Gasteiger partial charge in [-0.3, -0.25) is 9.10 Å². The third kappa shape index (κ3) is 5.06. The monoisotopic (exact) mass is 492 g/mol. The quantitative estimate of drug-likeness (QED) is 0.659. The zero-order valence-corrected chi connectivity index (χ0v) is 20.1. The molecule has 0 bridgehead atoms. The number of carbonyl (C=O) groups excluding carboxylic acids is 1. The molecule has 0 saturated carbocycles. The van der Waals surface area contributed by atoms with Gasteiger partial charge in [0.25, 0.3) is 5.91 Å². The second-order valence-electron chi connectivity index (χ2n) is 8.11. The van der Waals surface area contributed by atoms with E-state index in [2.05, 4.69) is 17.1 Å². The minimum Gasteiger partial charge on any atom is -0.322 e. The Labute approximate surface area is 195 Å². The maximum absolute atomic E-state index is 12.9. The van der Waals surface area contributed by atoms with Gasteiger partial charge in [0.2, 0.25) is 20.0 Å². The van der Waals surface area contributed by atoms with E-state index in [0.717, 1.165) is 6.54 Å². The van der Waals surface area contributed by atoms with E-state index < -0.39 is 20.0 Å². The van der Waals surface area contributed by atoms with Crippen LogP contribution >= 0.6 is 0 Å². The van der Waals surface area contributed by atoms with Gasteiger partial charge in [-0.25, -0.2) is 16.8 Å². The van der Waals surface area contributed by atoms with Gasteiger partial charge in [0.1, 0.15) is 0 Å². The Morgan fingerprint density at radius 3 is 2.12 bits per heavy atom. The standard InChI is InChI=1S/C22H28N4O5S2/c1-2-24-13-15-25(16-14-24)33(30,31)21-10-6-19(7-11-21)23-22(27)18-4-8-20(9-5-18)26-12-3-17-32(26,28)29/h4-11H,2-3,12-17H2,1H3,(H,23,27). The predicted molar refractivity (Wildman–Crippen MR) is 127 cm³/mol. The molecule has 33 heavy (non-hydrogen) atoms. The first-order valence-corrected chi connectivity index (χ1v) is 14.0. The molecule has 0 atom stereocenters. The highest BCUT2D eigenvalue weighted by atomic mass is 32.2. The Balaban J connectivity index is 1.40. The molecule has 2 aliphatic heterocycles. The number of benzene rings is 2. The molecule has 9 nitrogen and oxygen atoms in total. The van der Waals surface area contributed by atoms with Gasteiger partial charge in [0, 0.05) is 44.0 Å². The van der Waals surface area contributed by atoms with Crippen molar-refractivity contribution in [3.8, 4) is 0 Å². The second kappa shape index (κ2) is 9.41. The first-order chi connectivity index (χ1) is 15.7. The number of piperazine rings is 1. The molecule has 2 aromatic rings. The van der Waals surface area contributed by atoms with Crippen LogP contribution in [0.4, 0.5) is 11.4 Å². The molecule has 0 spiro atoms. The van der Waals surface area contributed by atoms with E-state index in [1.165, 1.54) is 20.7 Å². The van der Waals surface area contributed by atoms with Crippen LogP contribution in [-0.2, 0) is 20.0 Å². The second-order valence-corrected chi connectivity index (χ2v) is 12.1. The molecule has 4 rings (SSSR count). The van der Waals surface area contributed by atoms with Crippen LogP contribution in [0.3, 0.4) is 0 Å². The van der Waals surface area contributed by atoms with Gasteiger partial charge >= 0.3 is 0 Å². The van der Waals surface area contributed by atoms with E-state index in [1.54, 1.807) is 36.4 Å². The summed E-state index contributed by atoms with van der Waals surface area (Å²) in [6, 6.07) is 12.5. The van der Waals surface area contributed by atoms with Crippen molar-refractivity contribution in [1.29, 1.82) is 0 Å². The van der Waals surface area contributed by atoms with E-state index in [1.807, 2.05) is 0 Å². The number of rotatable bonds is 6. The summed E-state index contributed by atoms with van der Waals surface area (Å²) < 4.78 is 52.7. The van der Waals surface area contributed by atoms with Gasteiger partial charge < -0.3 is 10.2 Å². The molecule has 2 saturated heterocycles. The zero-order valence-electron chi connectivity index (χ0n) is 18.5. The molecule has 2 heterocycles. The van der Waals surface area contributed by atoms with Crippen molar-refractivity contribution >= 4 is 37.3 Å². The molecule has 0 radical (unpaired) electrons. The number of hydrogen-bond acceptors (Lipinski definition) is 6. The van der Waals surface area contributed by atoms with Crippen molar-refractivity contribution in [1.82, 2.24) is 9.21 Å². The van der Waals surface area contributed by atoms with Crippen LogP contribution in [0.2, 0.25) is 0 Å². The van der Waals surface area contributed by atoms with Crippen LogP contribution in [0.5, 0.6) is 0 Å². The lowest BCUT2D eigenvalue weighted by molar-refractivity contribution is 0.102. The van der Waals surface area contributed by atoms with Crippen LogP contribution in [0.15, 0.2) is 53.4 Å². The number of hydrogen-bond donors (Lipinski definition) is 1. The van der Waals surface area contributed by atoms with E-state index in [4.69, 9.17) is 0 Å². The summed E-state index contributed by atoms with van der Waals surface area (Å²) in [7, 11) is -6.85. The molecule has 11 heteroatoms. The van der Waals surface area contributed by atoms with Gasteiger partial charge in [-0.2, -0.15) is 4.31 Å². The van der Waals surface area contributed by atoms with Crippen molar-refractivity contribution in [2.24, 2.45) is 0 Å². The number of carbonyl (C=O) groups is 1. The van der Waals surface area contributed by atoms with Crippen LogP contribution in [0, 0.1) is 0 Å². The first kappa shape index (κ1) is 23.7. The minimum atomic E-state index is -3.57. The summed E-state index contributed by atoms with van der Waals surface area (Å²) in [5, 5.41) is 2.75. The minimum absolute atomic E-state index is 0.135. The van der Waals surface area contributed by atoms with Gasteiger partial charge in [-0.05, 0) is 61.5 Å². The molecule has 178 valence electrons. The van der Waals surface area contributed by atoms with Gasteiger partial charge in [-0.15, -0.1) is 0 Å². The number of amides is 1. The topological polar surface area (TPSA) is 107 Å². The molecule has 0 aliphatic carbocycles. The van der Waals surface area contributed by atoms with E-state index in [0.29, 0.717) is 56.1 Å². The molecule has 2 fully saturated rings. The zero-order chi connectivity index (χ0) is 23.6. The van der Waals surface area contributed by atoms with Gasteiger partial charge in [0.15, 0.2) is 0 Å². The van der Waals surface area contributed by atoms with E-state index in [-0.39, 0.29) is 16.6 Å². The van der Waals surface area contributed by atoms with Gasteiger partial charge in [-0.1, -0.05) is 6.92 Å². The normalized spacial score (nSPS) is 19.5. The smallest absolute Gasteiger partial charge is 0.255 e. The molecule has 2 aromatic carbocycles. The average molecular weight is 493 g/mol. The van der Waals surface area contributed by atoms with E-state index >= 15 is 0 Å². The number of sulfonamides is 2. The average Bonchev–Trinajstić information content (AvgIpc) is 3.18. The fourth-order valence-electron chi connectivity index (χ4n) is 4.06. The Morgan fingerprint density at radius 2 is 1.58 bits per heavy atom. The highest BCUT2D eigenvalue weighted by Crippen LogP contribution is 2.25. The fourth-order valence-corrected chi connectivity index (χ4v) is 7.04. The number of anilines is 2. The molecular formula is C22H28N4O5S2. The Hall–Kier alpha value is -2.47. The summed E-state index contributed by atoms with van der Waals surface area (Å²) >= 11 is 0. The summed E-state index contributed by atoms with van der Waals surface area (Å²) in [4.78, 5) is 15.0. The highest BCUT2D eigenvalue weighted by molar-refractivity contribution is 7.93. The third-order valence-corrected chi connectivity index (χ3v) is 9.83.